The third-order valence-corrected chi connectivity index (χ3v) is 3.10. The molecule has 4 heteroatoms. The third-order valence-electron chi connectivity index (χ3n) is 2.26. The number of thiol groups is 1. The number of carboxylic acids is 1. The lowest BCUT2D eigenvalue weighted by atomic mass is 9.89. The van der Waals surface area contributed by atoms with Gasteiger partial charge in [-0.2, -0.15) is 0 Å². The standard InChI is InChI=1S/C11H13ClO2S/c1-6(2)10(11(13)14)7-3-4-9(15)8(12)5-7/h3-6,10,15H,1-2H3,(H,13,14). The molecule has 0 bridgehead atoms. The molecule has 0 aliphatic heterocycles. The van der Waals surface area contributed by atoms with E-state index in [-0.39, 0.29) is 5.92 Å². The van der Waals surface area contributed by atoms with E-state index < -0.39 is 11.9 Å². The Morgan fingerprint density at radius 2 is 2.07 bits per heavy atom. The Hall–Kier alpha value is -0.670. The first-order valence-electron chi connectivity index (χ1n) is 4.64. The molecule has 0 heterocycles. The van der Waals surface area contributed by atoms with E-state index in [1.54, 1.807) is 18.2 Å². The second-order valence-corrected chi connectivity index (χ2v) is 4.66. The van der Waals surface area contributed by atoms with E-state index >= 15 is 0 Å². The summed E-state index contributed by atoms with van der Waals surface area (Å²) in [5.41, 5.74) is 0.723. The van der Waals surface area contributed by atoms with Crippen LogP contribution in [0.3, 0.4) is 0 Å². The van der Waals surface area contributed by atoms with Gasteiger partial charge in [-0.1, -0.05) is 31.5 Å². The number of carboxylic acid groups (broad SMARTS) is 1. The fourth-order valence-electron chi connectivity index (χ4n) is 1.53. The molecule has 1 unspecified atom stereocenters. The van der Waals surface area contributed by atoms with Crippen LogP contribution in [0.25, 0.3) is 0 Å². The zero-order chi connectivity index (χ0) is 11.6. The Bertz CT molecular complexity index is 377. The molecule has 2 nitrogen and oxygen atoms in total. The molecule has 1 atom stereocenters. The van der Waals surface area contributed by atoms with Crippen molar-refractivity contribution in [1.29, 1.82) is 0 Å². The van der Waals surface area contributed by atoms with E-state index in [0.717, 1.165) is 5.56 Å². The number of hydrogen-bond acceptors (Lipinski definition) is 2. The van der Waals surface area contributed by atoms with Crippen molar-refractivity contribution in [2.24, 2.45) is 5.92 Å². The second kappa shape index (κ2) is 4.90. The van der Waals surface area contributed by atoms with Crippen LogP contribution >= 0.6 is 24.2 Å². The Labute approximate surface area is 99.7 Å². The summed E-state index contributed by atoms with van der Waals surface area (Å²) in [7, 11) is 0. The summed E-state index contributed by atoms with van der Waals surface area (Å²) < 4.78 is 0. The van der Waals surface area contributed by atoms with E-state index in [4.69, 9.17) is 16.7 Å². The first kappa shape index (κ1) is 12.4. The Morgan fingerprint density at radius 3 is 2.47 bits per heavy atom. The van der Waals surface area contributed by atoms with Crippen LogP contribution in [0.15, 0.2) is 23.1 Å². The van der Waals surface area contributed by atoms with Gasteiger partial charge in [-0.15, -0.1) is 12.6 Å². The van der Waals surface area contributed by atoms with Crippen molar-refractivity contribution < 1.29 is 9.90 Å². The van der Waals surface area contributed by atoms with E-state index in [1.807, 2.05) is 13.8 Å². The zero-order valence-corrected chi connectivity index (χ0v) is 10.2. The summed E-state index contributed by atoms with van der Waals surface area (Å²) in [5, 5.41) is 9.58. The van der Waals surface area contributed by atoms with E-state index in [1.165, 1.54) is 0 Å². The zero-order valence-electron chi connectivity index (χ0n) is 8.57. The minimum absolute atomic E-state index is 0.0318. The van der Waals surface area contributed by atoms with Crippen LogP contribution in [0.4, 0.5) is 0 Å². The maximum Gasteiger partial charge on any atom is 0.311 e. The molecule has 82 valence electrons. The summed E-state index contributed by atoms with van der Waals surface area (Å²) in [6, 6.07) is 5.15. The molecule has 0 radical (unpaired) electrons. The average molecular weight is 245 g/mol. The van der Waals surface area contributed by atoms with Crippen molar-refractivity contribution in [1.82, 2.24) is 0 Å². The summed E-state index contributed by atoms with van der Waals surface area (Å²) in [5.74, 6) is -1.31. The van der Waals surface area contributed by atoms with Crippen molar-refractivity contribution >= 4 is 30.2 Å². The largest absolute Gasteiger partial charge is 0.481 e. The molecule has 0 saturated heterocycles. The highest BCUT2D eigenvalue weighted by atomic mass is 35.5. The molecule has 0 spiro atoms. The molecule has 0 aliphatic rings. The van der Waals surface area contributed by atoms with Gasteiger partial charge < -0.3 is 5.11 Å². The van der Waals surface area contributed by atoms with E-state index in [9.17, 15) is 4.79 Å². The molecular weight excluding hydrogens is 232 g/mol. The van der Waals surface area contributed by atoms with Crippen LogP contribution < -0.4 is 0 Å². The number of carbonyl (C=O) groups is 1. The van der Waals surface area contributed by atoms with Crippen LogP contribution in [0, 0.1) is 5.92 Å². The minimum atomic E-state index is -0.826. The normalized spacial score (nSPS) is 12.9. The monoisotopic (exact) mass is 244 g/mol. The molecule has 0 aromatic heterocycles. The fraction of sp³-hybridized carbons (Fsp3) is 0.364. The van der Waals surface area contributed by atoms with Gasteiger partial charge in [0.15, 0.2) is 0 Å². The van der Waals surface area contributed by atoms with Crippen molar-refractivity contribution in [3.05, 3.63) is 28.8 Å². The molecule has 0 fully saturated rings. The number of aliphatic carboxylic acids is 1. The summed E-state index contributed by atoms with van der Waals surface area (Å²) >= 11 is 10.0. The van der Waals surface area contributed by atoms with E-state index in [2.05, 4.69) is 12.6 Å². The predicted octanol–water partition coefficient (Wildman–Crippen LogP) is 3.45. The third kappa shape index (κ3) is 2.89. The topological polar surface area (TPSA) is 37.3 Å². The maximum absolute atomic E-state index is 11.1. The van der Waals surface area contributed by atoms with Gasteiger partial charge in [0.2, 0.25) is 0 Å². The maximum atomic E-state index is 11.1. The molecule has 0 aliphatic carbocycles. The molecular formula is C11H13ClO2S. The van der Waals surface area contributed by atoms with Crippen LogP contribution in [0.2, 0.25) is 5.02 Å². The van der Waals surface area contributed by atoms with Gasteiger partial charge in [0.1, 0.15) is 0 Å². The van der Waals surface area contributed by atoms with E-state index in [0.29, 0.717) is 9.92 Å². The lowest BCUT2D eigenvalue weighted by molar-refractivity contribution is -0.139. The van der Waals surface area contributed by atoms with Gasteiger partial charge in [-0.25, -0.2) is 0 Å². The summed E-state index contributed by atoms with van der Waals surface area (Å²) in [6.07, 6.45) is 0. The Morgan fingerprint density at radius 1 is 1.47 bits per heavy atom. The average Bonchev–Trinajstić information content (AvgIpc) is 2.10. The predicted molar refractivity (Wildman–Crippen MR) is 63.9 cm³/mol. The summed E-state index contributed by atoms with van der Waals surface area (Å²) in [6.45, 7) is 3.75. The van der Waals surface area contributed by atoms with Gasteiger partial charge in [0.25, 0.3) is 0 Å². The lowest BCUT2D eigenvalue weighted by Gasteiger charge is -2.17. The fourth-order valence-corrected chi connectivity index (χ4v) is 1.86. The highest BCUT2D eigenvalue weighted by molar-refractivity contribution is 7.80. The molecule has 0 saturated carbocycles. The quantitative estimate of drug-likeness (QED) is 0.800. The van der Waals surface area contributed by atoms with Crippen molar-refractivity contribution in [3.8, 4) is 0 Å². The van der Waals surface area contributed by atoms with Gasteiger partial charge in [0, 0.05) is 4.90 Å². The highest BCUT2D eigenvalue weighted by Crippen LogP contribution is 2.29. The van der Waals surface area contributed by atoms with Crippen molar-refractivity contribution in [2.75, 3.05) is 0 Å². The second-order valence-electron chi connectivity index (χ2n) is 3.77. The first-order chi connectivity index (χ1) is 6.93. The first-order valence-corrected chi connectivity index (χ1v) is 5.47. The molecule has 0 amide bonds. The molecule has 1 aromatic carbocycles. The molecule has 1 rings (SSSR count). The minimum Gasteiger partial charge on any atom is -0.481 e. The smallest absolute Gasteiger partial charge is 0.311 e. The van der Waals surface area contributed by atoms with Crippen LogP contribution in [0.5, 0.6) is 0 Å². The number of hydrogen-bond donors (Lipinski definition) is 2. The van der Waals surface area contributed by atoms with Crippen molar-refractivity contribution in [2.45, 2.75) is 24.7 Å². The lowest BCUT2D eigenvalue weighted by Crippen LogP contribution is -2.17. The van der Waals surface area contributed by atoms with Gasteiger partial charge in [-0.05, 0) is 23.6 Å². The Balaban J connectivity index is 3.12. The van der Waals surface area contributed by atoms with Crippen LogP contribution in [-0.4, -0.2) is 11.1 Å². The Kier molecular flexibility index (Phi) is 4.05. The van der Waals surface area contributed by atoms with Gasteiger partial charge in [0.05, 0.1) is 10.9 Å². The SMILES string of the molecule is CC(C)C(C(=O)O)c1ccc(S)c(Cl)c1. The van der Waals surface area contributed by atoms with Crippen LogP contribution in [0.1, 0.15) is 25.3 Å². The molecule has 1 aromatic rings. The van der Waals surface area contributed by atoms with Crippen molar-refractivity contribution in [3.63, 3.8) is 0 Å². The summed E-state index contributed by atoms with van der Waals surface area (Å²) in [4.78, 5) is 11.7. The van der Waals surface area contributed by atoms with Gasteiger partial charge in [-0.3, -0.25) is 4.79 Å². The number of benzene rings is 1. The number of rotatable bonds is 3. The number of halogens is 1. The van der Waals surface area contributed by atoms with Gasteiger partial charge >= 0.3 is 5.97 Å². The van der Waals surface area contributed by atoms with Crippen LogP contribution in [-0.2, 0) is 4.79 Å². The molecule has 15 heavy (non-hydrogen) atoms. The molecule has 1 N–H and O–H groups in total. The highest BCUT2D eigenvalue weighted by Gasteiger charge is 2.23.